The molecule has 0 fully saturated rings. The smallest absolute Gasteiger partial charge is 0.124 e. The van der Waals surface area contributed by atoms with Gasteiger partial charge in [-0.3, -0.25) is 0 Å². The first-order chi connectivity index (χ1) is 6.69. The van der Waals surface area contributed by atoms with Gasteiger partial charge in [-0.05, 0) is 26.7 Å². The van der Waals surface area contributed by atoms with Crippen LogP contribution in [0.4, 0.5) is 0 Å². The van der Waals surface area contributed by atoms with Gasteiger partial charge >= 0.3 is 0 Å². The summed E-state index contributed by atoms with van der Waals surface area (Å²) < 4.78 is 5.37. The molecule has 0 spiro atoms. The van der Waals surface area contributed by atoms with Crippen LogP contribution in [-0.4, -0.2) is 13.2 Å². The van der Waals surface area contributed by atoms with Gasteiger partial charge in [-0.1, -0.05) is 31.4 Å². The highest BCUT2D eigenvalue weighted by atomic mass is 16.5. The Kier molecular flexibility index (Phi) is 7.24. The SMILES string of the molecule is CC#C[C@H](OC)[C@H](/C=C(\C)CC)CC. The van der Waals surface area contributed by atoms with Crippen molar-refractivity contribution in [2.75, 3.05) is 7.11 Å². The summed E-state index contributed by atoms with van der Waals surface area (Å²) in [5, 5.41) is 0. The third-order valence-electron chi connectivity index (χ3n) is 2.46. The minimum absolute atomic E-state index is 0.0477. The molecule has 0 amide bonds. The number of rotatable bonds is 5. The molecule has 0 aromatic carbocycles. The van der Waals surface area contributed by atoms with Crippen molar-refractivity contribution in [1.82, 2.24) is 0 Å². The quantitative estimate of drug-likeness (QED) is 0.481. The van der Waals surface area contributed by atoms with E-state index in [-0.39, 0.29) is 6.10 Å². The zero-order chi connectivity index (χ0) is 11.0. The molecule has 1 nitrogen and oxygen atoms in total. The third-order valence-corrected chi connectivity index (χ3v) is 2.46. The Morgan fingerprint density at radius 3 is 2.43 bits per heavy atom. The van der Waals surface area contributed by atoms with Gasteiger partial charge in [0.2, 0.25) is 0 Å². The van der Waals surface area contributed by atoms with E-state index in [4.69, 9.17) is 4.74 Å². The lowest BCUT2D eigenvalue weighted by molar-refractivity contribution is 0.112. The lowest BCUT2D eigenvalue weighted by Gasteiger charge is -2.17. The zero-order valence-corrected chi connectivity index (χ0v) is 10.1. The number of methoxy groups -OCH3 is 1. The molecular weight excluding hydrogens is 172 g/mol. The number of allylic oxidation sites excluding steroid dienone is 1. The highest BCUT2D eigenvalue weighted by Gasteiger charge is 2.14. The molecule has 0 saturated heterocycles. The van der Waals surface area contributed by atoms with Gasteiger partial charge in [-0.2, -0.15) is 0 Å². The van der Waals surface area contributed by atoms with E-state index in [2.05, 4.69) is 38.7 Å². The van der Waals surface area contributed by atoms with Crippen LogP contribution in [-0.2, 0) is 4.74 Å². The molecule has 0 rings (SSSR count). The Hall–Kier alpha value is -0.740. The van der Waals surface area contributed by atoms with Crippen LogP contribution < -0.4 is 0 Å². The van der Waals surface area contributed by atoms with Crippen molar-refractivity contribution in [3.63, 3.8) is 0 Å². The topological polar surface area (TPSA) is 9.23 Å². The van der Waals surface area contributed by atoms with Crippen LogP contribution in [0.1, 0.15) is 40.5 Å². The number of hydrogen-bond acceptors (Lipinski definition) is 1. The predicted octanol–water partition coefficient (Wildman–Crippen LogP) is 3.41. The van der Waals surface area contributed by atoms with E-state index < -0.39 is 0 Å². The van der Waals surface area contributed by atoms with E-state index in [0.29, 0.717) is 5.92 Å². The second-order valence-corrected chi connectivity index (χ2v) is 3.49. The van der Waals surface area contributed by atoms with Crippen LogP contribution in [0, 0.1) is 17.8 Å². The number of hydrogen-bond donors (Lipinski definition) is 0. The van der Waals surface area contributed by atoms with Crippen molar-refractivity contribution < 1.29 is 4.74 Å². The Morgan fingerprint density at radius 2 is 2.07 bits per heavy atom. The average molecular weight is 194 g/mol. The Morgan fingerprint density at radius 1 is 1.43 bits per heavy atom. The van der Waals surface area contributed by atoms with Gasteiger partial charge in [0, 0.05) is 13.0 Å². The van der Waals surface area contributed by atoms with Gasteiger partial charge < -0.3 is 4.74 Å². The van der Waals surface area contributed by atoms with Crippen molar-refractivity contribution in [3.8, 4) is 11.8 Å². The van der Waals surface area contributed by atoms with Crippen molar-refractivity contribution in [1.29, 1.82) is 0 Å². The maximum absolute atomic E-state index is 5.37. The number of ether oxygens (including phenoxy) is 1. The van der Waals surface area contributed by atoms with Crippen LogP contribution in [0.2, 0.25) is 0 Å². The van der Waals surface area contributed by atoms with E-state index in [1.807, 2.05) is 6.92 Å². The molecule has 0 N–H and O–H groups in total. The summed E-state index contributed by atoms with van der Waals surface area (Å²) >= 11 is 0. The van der Waals surface area contributed by atoms with Gasteiger partial charge in [-0.15, -0.1) is 5.92 Å². The van der Waals surface area contributed by atoms with E-state index >= 15 is 0 Å². The predicted molar refractivity (Wildman–Crippen MR) is 62.1 cm³/mol. The molecule has 0 bridgehead atoms. The molecule has 1 heteroatoms. The molecule has 0 aliphatic carbocycles. The summed E-state index contributed by atoms with van der Waals surface area (Å²) in [6, 6.07) is 0. The molecule has 0 aliphatic rings. The minimum Gasteiger partial charge on any atom is -0.368 e. The highest BCUT2D eigenvalue weighted by molar-refractivity contribution is 5.11. The third kappa shape index (κ3) is 4.48. The van der Waals surface area contributed by atoms with E-state index in [1.165, 1.54) is 5.57 Å². The lowest BCUT2D eigenvalue weighted by atomic mass is 9.96. The van der Waals surface area contributed by atoms with Crippen LogP contribution in [0.25, 0.3) is 0 Å². The molecule has 14 heavy (non-hydrogen) atoms. The zero-order valence-electron chi connectivity index (χ0n) is 10.1. The van der Waals surface area contributed by atoms with Crippen LogP contribution in [0.3, 0.4) is 0 Å². The lowest BCUT2D eigenvalue weighted by Crippen LogP contribution is -2.19. The van der Waals surface area contributed by atoms with E-state index in [9.17, 15) is 0 Å². The molecule has 0 aromatic heterocycles. The van der Waals surface area contributed by atoms with Gasteiger partial charge in [-0.25, -0.2) is 0 Å². The van der Waals surface area contributed by atoms with E-state index in [0.717, 1.165) is 12.8 Å². The minimum atomic E-state index is 0.0477. The maximum Gasteiger partial charge on any atom is 0.124 e. The summed E-state index contributed by atoms with van der Waals surface area (Å²) in [4.78, 5) is 0. The molecule has 80 valence electrons. The standard InChI is InChI=1S/C13H22O/c1-6-9-13(14-5)12(8-3)10-11(4)7-2/h10,12-13H,7-8H2,1-5H3/b11-10+/t12-,13-/m0/s1. The van der Waals surface area contributed by atoms with Crippen LogP contribution in [0.5, 0.6) is 0 Å². The molecule has 0 aliphatic heterocycles. The fourth-order valence-corrected chi connectivity index (χ4v) is 1.39. The van der Waals surface area contributed by atoms with Crippen molar-refractivity contribution in [2.45, 2.75) is 46.6 Å². The molecule has 2 atom stereocenters. The first-order valence-electron chi connectivity index (χ1n) is 5.31. The highest BCUT2D eigenvalue weighted by Crippen LogP contribution is 2.16. The second-order valence-electron chi connectivity index (χ2n) is 3.49. The normalized spacial score (nSPS) is 15.6. The van der Waals surface area contributed by atoms with Crippen LogP contribution in [0.15, 0.2) is 11.6 Å². The summed E-state index contributed by atoms with van der Waals surface area (Å²) in [6.07, 6.45) is 4.52. The molecule has 0 aromatic rings. The van der Waals surface area contributed by atoms with Gasteiger partial charge in [0.15, 0.2) is 0 Å². The molecular formula is C13H22O. The van der Waals surface area contributed by atoms with Crippen molar-refractivity contribution in [3.05, 3.63) is 11.6 Å². The molecule has 0 heterocycles. The van der Waals surface area contributed by atoms with Crippen LogP contribution >= 0.6 is 0 Å². The fourth-order valence-electron chi connectivity index (χ4n) is 1.39. The maximum atomic E-state index is 5.37. The summed E-state index contributed by atoms with van der Waals surface area (Å²) in [5.74, 6) is 6.44. The molecule has 0 saturated carbocycles. The van der Waals surface area contributed by atoms with Gasteiger partial charge in [0.05, 0.1) is 0 Å². The van der Waals surface area contributed by atoms with Crippen molar-refractivity contribution in [2.24, 2.45) is 5.92 Å². The molecule has 0 radical (unpaired) electrons. The summed E-state index contributed by atoms with van der Waals surface area (Å²) in [7, 11) is 1.73. The van der Waals surface area contributed by atoms with Crippen molar-refractivity contribution >= 4 is 0 Å². The fraction of sp³-hybridized carbons (Fsp3) is 0.692. The Balaban J connectivity index is 4.57. The average Bonchev–Trinajstić information content (AvgIpc) is 2.22. The summed E-state index contributed by atoms with van der Waals surface area (Å²) in [6.45, 7) is 8.36. The Bertz CT molecular complexity index is 229. The van der Waals surface area contributed by atoms with Gasteiger partial charge in [0.1, 0.15) is 6.10 Å². The monoisotopic (exact) mass is 194 g/mol. The largest absolute Gasteiger partial charge is 0.368 e. The molecule has 0 unspecified atom stereocenters. The van der Waals surface area contributed by atoms with Gasteiger partial charge in [0.25, 0.3) is 0 Å². The second kappa shape index (κ2) is 7.64. The van der Waals surface area contributed by atoms with E-state index in [1.54, 1.807) is 7.11 Å². The first-order valence-corrected chi connectivity index (χ1v) is 5.31. The summed E-state index contributed by atoms with van der Waals surface area (Å²) in [5.41, 5.74) is 1.41. The first kappa shape index (κ1) is 13.3. The Labute approximate surface area is 88.5 Å².